The minimum atomic E-state index is -1.61. The van der Waals surface area contributed by atoms with Crippen LogP contribution in [0.4, 0.5) is 0 Å². The van der Waals surface area contributed by atoms with Gasteiger partial charge in [-0.05, 0) is 19.4 Å². The van der Waals surface area contributed by atoms with Gasteiger partial charge in [0.05, 0.1) is 18.9 Å². The van der Waals surface area contributed by atoms with E-state index in [0.29, 0.717) is 13.0 Å². The molecule has 0 aliphatic rings. The molecule has 0 saturated heterocycles. The van der Waals surface area contributed by atoms with E-state index in [1.54, 1.807) is 0 Å². The highest BCUT2D eigenvalue weighted by atomic mass is 16.4. The van der Waals surface area contributed by atoms with Gasteiger partial charge in [0, 0.05) is 6.54 Å². The van der Waals surface area contributed by atoms with Gasteiger partial charge in [0.2, 0.25) is 0 Å². The van der Waals surface area contributed by atoms with E-state index in [0.717, 1.165) is 19.3 Å². The molecule has 0 saturated carbocycles. The summed E-state index contributed by atoms with van der Waals surface area (Å²) in [5, 5.41) is 49.3. The molecule has 8 nitrogen and oxygen atoms in total. The number of nitrogens with one attached hydrogen (secondary N) is 1. The number of aliphatic hydroxyl groups excluding tert-OH is 5. The summed E-state index contributed by atoms with van der Waals surface area (Å²) in [7, 11) is 0. The Balaban J connectivity index is 3.87. The standard InChI is InChI=1S/C12H29N3O5/c13-5-3-1-2-4-10(14)15-6-8(17)11(19)12(20)9(18)7-16/h8-12,15-20H,1-7,13-14H2/t8-,9+,10?,11+,12+/m0/s1. The molecule has 0 aliphatic heterocycles. The van der Waals surface area contributed by atoms with Gasteiger partial charge in [0.1, 0.15) is 18.3 Å². The number of rotatable bonds is 12. The summed E-state index contributed by atoms with van der Waals surface area (Å²) in [6.45, 7) is -0.0634. The Morgan fingerprint density at radius 3 is 2.05 bits per heavy atom. The first-order valence-corrected chi connectivity index (χ1v) is 6.96. The Morgan fingerprint density at radius 2 is 1.50 bits per heavy atom. The van der Waals surface area contributed by atoms with E-state index in [9.17, 15) is 15.3 Å². The van der Waals surface area contributed by atoms with Crippen LogP contribution < -0.4 is 16.8 Å². The molecule has 0 rings (SSSR count). The average molecular weight is 295 g/mol. The number of aliphatic hydroxyl groups is 5. The van der Waals surface area contributed by atoms with Crippen LogP contribution in [0, 0.1) is 0 Å². The largest absolute Gasteiger partial charge is 0.394 e. The normalized spacial score (nSPS) is 19.4. The van der Waals surface area contributed by atoms with Crippen LogP contribution in [0.5, 0.6) is 0 Å². The number of hydrogen-bond acceptors (Lipinski definition) is 8. The predicted molar refractivity (Wildman–Crippen MR) is 74.6 cm³/mol. The van der Waals surface area contributed by atoms with Gasteiger partial charge in [-0.15, -0.1) is 0 Å². The fourth-order valence-corrected chi connectivity index (χ4v) is 1.74. The van der Waals surface area contributed by atoms with Crippen LogP contribution >= 0.6 is 0 Å². The van der Waals surface area contributed by atoms with Crippen LogP contribution in [0.15, 0.2) is 0 Å². The molecule has 8 heteroatoms. The molecule has 0 aliphatic carbocycles. The molecular formula is C12H29N3O5. The zero-order chi connectivity index (χ0) is 15.5. The summed E-state index contributed by atoms with van der Waals surface area (Å²) in [5.41, 5.74) is 11.2. The third-order valence-corrected chi connectivity index (χ3v) is 3.13. The van der Waals surface area contributed by atoms with Gasteiger partial charge < -0.3 is 37.0 Å². The minimum absolute atomic E-state index is 0.0194. The van der Waals surface area contributed by atoms with Crippen molar-refractivity contribution >= 4 is 0 Å². The van der Waals surface area contributed by atoms with E-state index < -0.39 is 31.0 Å². The van der Waals surface area contributed by atoms with Crippen molar-refractivity contribution in [2.24, 2.45) is 11.5 Å². The van der Waals surface area contributed by atoms with Crippen LogP contribution in [-0.4, -0.2) is 75.8 Å². The Morgan fingerprint density at radius 1 is 0.900 bits per heavy atom. The van der Waals surface area contributed by atoms with Crippen LogP contribution in [0.1, 0.15) is 25.7 Å². The summed E-state index contributed by atoms with van der Waals surface area (Å²) in [5.74, 6) is 0. The fraction of sp³-hybridized carbons (Fsp3) is 1.00. The van der Waals surface area contributed by atoms with Crippen LogP contribution in [0.2, 0.25) is 0 Å². The molecule has 0 aromatic carbocycles. The SMILES string of the molecule is NCCCCCC(N)NC[C@H](O)[C@@H](O)[C@H](O)[C@H](O)CO. The molecule has 0 amide bonds. The summed E-state index contributed by atoms with van der Waals surface area (Å²) in [6.07, 6.45) is -2.73. The lowest BCUT2D eigenvalue weighted by Crippen LogP contribution is -2.51. The lowest BCUT2D eigenvalue weighted by Gasteiger charge is -2.26. The van der Waals surface area contributed by atoms with Gasteiger partial charge in [-0.25, -0.2) is 0 Å². The first-order chi connectivity index (χ1) is 9.43. The second kappa shape index (κ2) is 11.4. The highest BCUT2D eigenvalue weighted by Gasteiger charge is 2.29. The van der Waals surface area contributed by atoms with Gasteiger partial charge in [-0.1, -0.05) is 12.8 Å². The average Bonchev–Trinajstić information content (AvgIpc) is 2.46. The van der Waals surface area contributed by atoms with Gasteiger partial charge >= 0.3 is 0 Å². The maximum Gasteiger partial charge on any atom is 0.111 e. The van der Waals surface area contributed by atoms with Crippen molar-refractivity contribution < 1.29 is 25.5 Å². The molecule has 122 valence electrons. The highest BCUT2D eigenvalue weighted by Crippen LogP contribution is 2.05. The van der Waals surface area contributed by atoms with Gasteiger partial charge in [-0.2, -0.15) is 0 Å². The first-order valence-electron chi connectivity index (χ1n) is 6.96. The number of unbranched alkanes of at least 4 members (excludes halogenated alkanes) is 2. The van der Waals surface area contributed by atoms with E-state index in [1.807, 2.05) is 0 Å². The van der Waals surface area contributed by atoms with Gasteiger partial charge in [0.25, 0.3) is 0 Å². The molecule has 10 N–H and O–H groups in total. The lowest BCUT2D eigenvalue weighted by molar-refractivity contribution is -0.114. The summed E-state index contributed by atoms with van der Waals surface area (Å²) in [6, 6.07) is 0. The molecule has 0 spiro atoms. The van der Waals surface area contributed by atoms with Crippen molar-refractivity contribution in [2.45, 2.75) is 56.3 Å². The molecule has 0 heterocycles. The van der Waals surface area contributed by atoms with E-state index in [2.05, 4.69) is 5.32 Å². The smallest absolute Gasteiger partial charge is 0.111 e. The Hall–Kier alpha value is -0.320. The highest BCUT2D eigenvalue weighted by molar-refractivity contribution is 4.82. The Bertz CT molecular complexity index is 235. The van der Waals surface area contributed by atoms with Crippen molar-refractivity contribution in [2.75, 3.05) is 19.7 Å². The molecule has 0 radical (unpaired) electrons. The van der Waals surface area contributed by atoms with Crippen molar-refractivity contribution in [3.05, 3.63) is 0 Å². The third-order valence-electron chi connectivity index (χ3n) is 3.13. The monoisotopic (exact) mass is 295 g/mol. The molecule has 5 atom stereocenters. The maximum absolute atomic E-state index is 9.65. The van der Waals surface area contributed by atoms with E-state index in [-0.39, 0.29) is 12.7 Å². The third kappa shape index (κ3) is 8.08. The number of nitrogens with two attached hydrogens (primary N) is 2. The van der Waals surface area contributed by atoms with E-state index in [4.69, 9.17) is 21.7 Å². The summed E-state index contributed by atoms with van der Waals surface area (Å²) < 4.78 is 0. The topological polar surface area (TPSA) is 165 Å². The predicted octanol–water partition coefficient (Wildman–Crippen LogP) is -3.18. The quantitative estimate of drug-likeness (QED) is 0.138. The fourth-order valence-electron chi connectivity index (χ4n) is 1.74. The lowest BCUT2D eigenvalue weighted by atomic mass is 10.0. The zero-order valence-corrected chi connectivity index (χ0v) is 11.7. The van der Waals surface area contributed by atoms with E-state index >= 15 is 0 Å². The molecular weight excluding hydrogens is 266 g/mol. The molecule has 1 unspecified atom stereocenters. The number of hydrogen-bond donors (Lipinski definition) is 8. The van der Waals surface area contributed by atoms with Crippen LogP contribution in [0.25, 0.3) is 0 Å². The van der Waals surface area contributed by atoms with Crippen molar-refractivity contribution in [1.82, 2.24) is 5.32 Å². The van der Waals surface area contributed by atoms with Crippen LogP contribution in [0.3, 0.4) is 0 Å². The minimum Gasteiger partial charge on any atom is -0.394 e. The molecule has 0 bridgehead atoms. The maximum atomic E-state index is 9.65. The molecule has 0 aromatic rings. The molecule has 0 fully saturated rings. The summed E-state index contributed by atoms with van der Waals surface area (Å²) >= 11 is 0. The first kappa shape index (κ1) is 19.7. The Kier molecular flexibility index (Phi) is 11.2. The second-order valence-corrected chi connectivity index (χ2v) is 4.95. The van der Waals surface area contributed by atoms with Crippen molar-refractivity contribution in [1.29, 1.82) is 0 Å². The molecule has 0 aromatic heterocycles. The van der Waals surface area contributed by atoms with Crippen molar-refractivity contribution in [3.8, 4) is 0 Å². The van der Waals surface area contributed by atoms with E-state index in [1.165, 1.54) is 0 Å². The summed E-state index contributed by atoms with van der Waals surface area (Å²) in [4.78, 5) is 0. The second-order valence-electron chi connectivity index (χ2n) is 4.95. The zero-order valence-electron chi connectivity index (χ0n) is 11.7. The van der Waals surface area contributed by atoms with Gasteiger partial charge in [-0.3, -0.25) is 5.32 Å². The van der Waals surface area contributed by atoms with Crippen LogP contribution in [-0.2, 0) is 0 Å². The van der Waals surface area contributed by atoms with Crippen molar-refractivity contribution in [3.63, 3.8) is 0 Å². The molecule has 20 heavy (non-hydrogen) atoms. The Labute approximate surface area is 119 Å². The van der Waals surface area contributed by atoms with Gasteiger partial charge in [0.15, 0.2) is 0 Å².